The SMILES string of the molecule is COc1ccc2ccccc2c1[C@H]1CC(=O)N2CN(C)CSC2=C1C#N. The molecule has 0 bridgehead atoms. The van der Waals surface area contributed by atoms with Gasteiger partial charge in [-0.25, -0.2) is 0 Å². The Labute approximate surface area is 156 Å². The number of hydrogen-bond acceptors (Lipinski definition) is 5. The number of rotatable bonds is 2. The number of carbonyl (C=O) groups is 1. The van der Waals surface area contributed by atoms with Gasteiger partial charge in [0.05, 0.1) is 36.3 Å². The molecular weight excluding hydrogens is 346 g/mol. The van der Waals surface area contributed by atoms with Crippen LogP contribution in [-0.4, -0.2) is 42.4 Å². The summed E-state index contributed by atoms with van der Waals surface area (Å²) in [6.45, 7) is 0.533. The molecule has 0 spiro atoms. The molecule has 132 valence electrons. The molecule has 2 aromatic carbocycles. The molecule has 5 nitrogen and oxygen atoms in total. The van der Waals surface area contributed by atoms with E-state index in [0.29, 0.717) is 12.2 Å². The molecule has 2 aromatic rings. The number of methoxy groups -OCH3 is 1. The quantitative estimate of drug-likeness (QED) is 0.815. The number of benzene rings is 2. The second-order valence-electron chi connectivity index (χ2n) is 6.58. The zero-order valence-electron chi connectivity index (χ0n) is 14.7. The van der Waals surface area contributed by atoms with E-state index in [1.807, 2.05) is 43.4 Å². The van der Waals surface area contributed by atoms with E-state index in [9.17, 15) is 10.1 Å². The fraction of sp³-hybridized carbons (Fsp3) is 0.300. The van der Waals surface area contributed by atoms with Crippen molar-refractivity contribution in [2.75, 3.05) is 26.7 Å². The summed E-state index contributed by atoms with van der Waals surface area (Å²) in [4.78, 5) is 16.7. The highest BCUT2D eigenvalue weighted by Crippen LogP contribution is 2.46. The van der Waals surface area contributed by atoms with Crippen molar-refractivity contribution < 1.29 is 9.53 Å². The summed E-state index contributed by atoms with van der Waals surface area (Å²) < 4.78 is 5.62. The normalized spacial score (nSPS) is 20.9. The number of carbonyl (C=O) groups excluding carboxylic acids is 1. The molecule has 2 heterocycles. The molecule has 6 heteroatoms. The fourth-order valence-corrected chi connectivity index (χ4v) is 4.82. The monoisotopic (exact) mass is 365 g/mol. The van der Waals surface area contributed by atoms with Crippen molar-refractivity contribution in [1.82, 2.24) is 9.80 Å². The van der Waals surface area contributed by atoms with Crippen LogP contribution >= 0.6 is 11.8 Å². The number of nitriles is 1. The van der Waals surface area contributed by atoms with Crippen molar-refractivity contribution in [3.63, 3.8) is 0 Å². The van der Waals surface area contributed by atoms with Crippen LogP contribution in [0.15, 0.2) is 47.0 Å². The Morgan fingerprint density at radius 1 is 1.27 bits per heavy atom. The van der Waals surface area contributed by atoms with Gasteiger partial charge in [-0.2, -0.15) is 5.26 Å². The van der Waals surface area contributed by atoms with Crippen molar-refractivity contribution >= 4 is 28.4 Å². The first kappa shape index (κ1) is 17.0. The largest absolute Gasteiger partial charge is 0.496 e. The first-order valence-electron chi connectivity index (χ1n) is 8.45. The Bertz CT molecular complexity index is 963. The molecule has 4 rings (SSSR count). The topological polar surface area (TPSA) is 56.6 Å². The van der Waals surface area contributed by atoms with E-state index in [2.05, 4.69) is 11.0 Å². The number of thioether (sulfide) groups is 1. The van der Waals surface area contributed by atoms with Crippen LogP contribution in [0.3, 0.4) is 0 Å². The first-order valence-corrected chi connectivity index (χ1v) is 9.44. The van der Waals surface area contributed by atoms with Crippen LogP contribution < -0.4 is 4.74 Å². The van der Waals surface area contributed by atoms with Crippen molar-refractivity contribution in [3.8, 4) is 11.8 Å². The van der Waals surface area contributed by atoms with Gasteiger partial charge in [0, 0.05) is 17.9 Å². The molecule has 0 N–H and O–H groups in total. The third-order valence-electron chi connectivity index (χ3n) is 4.93. The van der Waals surface area contributed by atoms with Gasteiger partial charge in [0.2, 0.25) is 5.91 Å². The van der Waals surface area contributed by atoms with Gasteiger partial charge in [0.25, 0.3) is 0 Å². The highest BCUT2D eigenvalue weighted by atomic mass is 32.2. The highest BCUT2D eigenvalue weighted by Gasteiger charge is 2.39. The Morgan fingerprint density at radius 2 is 2.08 bits per heavy atom. The molecule has 2 aliphatic heterocycles. The second-order valence-corrected chi connectivity index (χ2v) is 7.52. The Kier molecular flexibility index (Phi) is 4.35. The highest BCUT2D eigenvalue weighted by molar-refractivity contribution is 8.03. The standard InChI is InChI=1S/C20H19N3O2S/c1-22-11-23-18(24)9-15(16(10-21)20(23)26-12-22)19-14-6-4-3-5-13(14)7-8-17(19)25-2/h3-8,15H,9,11-12H2,1-2H3/t15-/m0/s1. The van der Waals surface area contributed by atoms with E-state index in [1.54, 1.807) is 23.8 Å². The molecule has 2 aliphatic rings. The van der Waals surface area contributed by atoms with Gasteiger partial charge in [-0.3, -0.25) is 14.6 Å². The predicted molar refractivity (Wildman–Crippen MR) is 102 cm³/mol. The summed E-state index contributed by atoms with van der Waals surface area (Å²) in [7, 11) is 3.61. The molecule has 0 aromatic heterocycles. The third kappa shape index (κ3) is 2.64. The van der Waals surface area contributed by atoms with Crippen LogP contribution in [0, 0.1) is 11.3 Å². The summed E-state index contributed by atoms with van der Waals surface area (Å²) >= 11 is 1.56. The zero-order valence-corrected chi connectivity index (χ0v) is 15.5. The maximum atomic E-state index is 12.9. The average Bonchev–Trinajstić information content (AvgIpc) is 2.67. The minimum Gasteiger partial charge on any atom is -0.496 e. The minimum absolute atomic E-state index is 0.0537. The molecule has 0 saturated carbocycles. The number of allylic oxidation sites excluding steroid dienone is 1. The van der Waals surface area contributed by atoms with Gasteiger partial charge in [0.1, 0.15) is 5.75 Å². The maximum absolute atomic E-state index is 12.9. The summed E-state index contributed by atoms with van der Waals surface area (Å²) in [5, 5.41) is 12.8. The minimum atomic E-state index is -0.282. The van der Waals surface area contributed by atoms with Crippen LogP contribution in [0.4, 0.5) is 0 Å². The Hall–Kier alpha value is -2.49. The van der Waals surface area contributed by atoms with Crippen molar-refractivity contribution in [1.29, 1.82) is 5.26 Å². The van der Waals surface area contributed by atoms with E-state index in [1.165, 1.54) is 0 Å². The number of nitrogens with zero attached hydrogens (tertiary/aromatic N) is 3. The molecule has 0 aliphatic carbocycles. The van der Waals surface area contributed by atoms with Gasteiger partial charge >= 0.3 is 0 Å². The number of amides is 1. The molecule has 26 heavy (non-hydrogen) atoms. The van der Waals surface area contributed by atoms with Gasteiger partial charge in [0.15, 0.2) is 0 Å². The molecular formula is C20H19N3O2S. The van der Waals surface area contributed by atoms with Gasteiger partial charge in [-0.05, 0) is 23.9 Å². The lowest BCUT2D eigenvalue weighted by Gasteiger charge is -2.40. The van der Waals surface area contributed by atoms with E-state index >= 15 is 0 Å². The molecule has 1 saturated heterocycles. The lowest BCUT2D eigenvalue weighted by molar-refractivity contribution is -0.131. The molecule has 0 radical (unpaired) electrons. The van der Waals surface area contributed by atoms with Crippen LogP contribution in [0.2, 0.25) is 0 Å². The van der Waals surface area contributed by atoms with Crippen molar-refractivity contribution in [2.24, 2.45) is 0 Å². The fourth-order valence-electron chi connectivity index (χ4n) is 3.73. The van der Waals surface area contributed by atoms with Crippen LogP contribution in [0.1, 0.15) is 17.9 Å². The summed E-state index contributed by atoms with van der Waals surface area (Å²) in [6, 6.07) is 14.4. The summed E-state index contributed by atoms with van der Waals surface area (Å²) in [5.41, 5.74) is 1.60. The second kappa shape index (κ2) is 6.67. The maximum Gasteiger partial charge on any atom is 0.229 e. The average molecular weight is 365 g/mol. The third-order valence-corrected chi connectivity index (χ3v) is 6.21. The molecule has 1 fully saturated rings. The molecule has 0 unspecified atom stereocenters. The van der Waals surface area contributed by atoms with Crippen LogP contribution in [0.25, 0.3) is 10.8 Å². The van der Waals surface area contributed by atoms with E-state index in [-0.39, 0.29) is 18.2 Å². The Balaban J connectivity index is 1.94. The predicted octanol–water partition coefficient (Wildman–Crippen LogP) is 3.49. The first-order chi connectivity index (χ1) is 12.6. The number of hydrogen-bond donors (Lipinski definition) is 0. The Morgan fingerprint density at radius 3 is 2.85 bits per heavy atom. The van der Waals surface area contributed by atoms with Crippen LogP contribution in [-0.2, 0) is 4.79 Å². The van der Waals surface area contributed by atoms with E-state index < -0.39 is 0 Å². The smallest absolute Gasteiger partial charge is 0.229 e. The summed E-state index contributed by atoms with van der Waals surface area (Å²) in [6.07, 6.45) is 0.283. The van der Waals surface area contributed by atoms with Gasteiger partial charge in [-0.1, -0.05) is 42.1 Å². The van der Waals surface area contributed by atoms with Gasteiger partial charge < -0.3 is 4.74 Å². The van der Waals surface area contributed by atoms with Gasteiger partial charge in [-0.15, -0.1) is 0 Å². The summed E-state index contributed by atoms with van der Waals surface area (Å²) in [5.74, 6) is 1.26. The number of ether oxygens (including phenoxy) is 1. The lowest BCUT2D eigenvalue weighted by atomic mass is 9.83. The zero-order chi connectivity index (χ0) is 18.3. The van der Waals surface area contributed by atoms with Crippen molar-refractivity contribution in [3.05, 3.63) is 52.6 Å². The number of fused-ring (bicyclic) bond motifs is 2. The van der Waals surface area contributed by atoms with E-state index in [4.69, 9.17) is 4.74 Å². The molecule has 1 atom stereocenters. The van der Waals surface area contributed by atoms with Crippen LogP contribution in [0.5, 0.6) is 5.75 Å². The lowest BCUT2D eigenvalue weighted by Crippen LogP contribution is -2.45. The van der Waals surface area contributed by atoms with E-state index in [0.717, 1.165) is 33.0 Å². The molecule has 1 amide bonds. The van der Waals surface area contributed by atoms with Crippen molar-refractivity contribution in [2.45, 2.75) is 12.3 Å².